The molecule has 0 aromatic heterocycles. The van der Waals surface area contributed by atoms with E-state index in [1.165, 1.54) is 0 Å². The van der Waals surface area contributed by atoms with Crippen LogP contribution in [0.25, 0.3) is 0 Å². The monoisotopic (exact) mass is 282 g/mol. The zero-order valence-corrected chi connectivity index (χ0v) is 8.98. The van der Waals surface area contributed by atoms with Gasteiger partial charge in [0.05, 0.1) is 6.61 Å². The molecule has 0 saturated carbocycles. The van der Waals surface area contributed by atoms with Crippen LogP contribution in [0.3, 0.4) is 0 Å². The summed E-state index contributed by atoms with van der Waals surface area (Å²) in [6, 6.07) is 0. The first-order valence-electron chi connectivity index (χ1n) is 3.70. The Kier molecular flexibility index (Phi) is 4.29. The minimum Gasteiger partial charge on any atom is -0.352 e. The van der Waals surface area contributed by atoms with Crippen molar-refractivity contribution < 1.29 is 14.2 Å². The van der Waals surface area contributed by atoms with E-state index >= 15 is 0 Å². The van der Waals surface area contributed by atoms with Gasteiger partial charge in [-0.1, -0.05) is 5.92 Å². The molecule has 1 saturated heterocycles. The summed E-state index contributed by atoms with van der Waals surface area (Å²) in [5.74, 6) is 2.41. The van der Waals surface area contributed by atoms with Gasteiger partial charge in [0.2, 0.25) is 0 Å². The molecule has 3 atom stereocenters. The fourth-order valence-corrected chi connectivity index (χ4v) is 1.48. The summed E-state index contributed by atoms with van der Waals surface area (Å²) in [5, 5.41) is 0. The first-order chi connectivity index (χ1) is 5.74. The molecule has 0 radical (unpaired) electrons. The molecule has 1 aliphatic heterocycles. The maximum Gasteiger partial charge on any atom is 0.155 e. The summed E-state index contributed by atoms with van der Waals surface area (Å²) in [7, 11) is 0. The highest BCUT2D eigenvalue weighted by atomic mass is 127. The number of alkyl halides is 1. The predicted octanol–water partition coefficient (Wildman–Crippen LogP) is 1.16. The number of halogens is 1. The van der Waals surface area contributed by atoms with Gasteiger partial charge in [0.1, 0.15) is 16.8 Å². The normalized spacial score (nSPS) is 31.4. The Bertz CT molecular complexity index is 178. The van der Waals surface area contributed by atoms with Gasteiger partial charge in [0.15, 0.2) is 6.29 Å². The Morgan fingerprint density at radius 3 is 3.08 bits per heavy atom. The summed E-state index contributed by atoms with van der Waals surface area (Å²) in [6.07, 6.45) is 4.94. The van der Waals surface area contributed by atoms with Crippen molar-refractivity contribution in [2.24, 2.45) is 0 Å². The second-order valence-electron chi connectivity index (χ2n) is 2.44. The predicted molar refractivity (Wildman–Crippen MR) is 52.9 cm³/mol. The fraction of sp³-hybridized carbons (Fsp3) is 0.750. The van der Waals surface area contributed by atoms with Crippen LogP contribution in [0.15, 0.2) is 0 Å². The first kappa shape index (κ1) is 10.3. The molecule has 3 nitrogen and oxygen atoms in total. The Morgan fingerprint density at radius 1 is 1.83 bits per heavy atom. The highest BCUT2D eigenvalue weighted by molar-refractivity contribution is 14.1. The summed E-state index contributed by atoms with van der Waals surface area (Å²) < 4.78 is 15.8. The number of hydrogen-bond donors (Lipinski definition) is 0. The van der Waals surface area contributed by atoms with Crippen molar-refractivity contribution in [3.8, 4) is 12.3 Å². The van der Waals surface area contributed by atoms with E-state index in [0.29, 0.717) is 13.2 Å². The quantitative estimate of drug-likeness (QED) is 0.441. The maximum atomic E-state index is 5.40. The fourth-order valence-electron chi connectivity index (χ4n) is 0.928. The molecule has 1 aliphatic rings. The highest BCUT2D eigenvalue weighted by Gasteiger charge is 2.28. The lowest BCUT2D eigenvalue weighted by Gasteiger charge is -2.14. The Balaban J connectivity index is 2.24. The van der Waals surface area contributed by atoms with Crippen molar-refractivity contribution in [3.63, 3.8) is 0 Å². The molecule has 0 spiro atoms. The van der Waals surface area contributed by atoms with E-state index in [-0.39, 0.29) is 16.5 Å². The van der Waals surface area contributed by atoms with Gasteiger partial charge in [-0.2, -0.15) is 0 Å². The maximum absolute atomic E-state index is 5.40. The first-order valence-corrected chi connectivity index (χ1v) is 4.95. The minimum atomic E-state index is -0.123. The van der Waals surface area contributed by atoms with Gasteiger partial charge < -0.3 is 14.2 Å². The van der Waals surface area contributed by atoms with Crippen molar-refractivity contribution in [1.29, 1.82) is 0 Å². The Morgan fingerprint density at radius 2 is 2.58 bits per heavy atom. The number of hydrogen-bond acceptors (Lipinski definition) is 3. The van der Waals surface area contributed by atoms with Gasteiger partial charge in [-0.05, 0) is 29.5 Å². The average molecular weight is 282 g/mol. The molecule has 0 aliphatic carbocycles. The van der Waals surface area contributed by atoms with Gasteiger partial charge in [0, 0.05) is 0 Å². The average Bonchev–Trinajstić information content (AvgIpc) is 2.47. The smallest absolute Gasteiger partial charge is 0.155 e. The summed E-state index contributed by atoms with van der Waals surface area (Å²) in [4.78, 5) is 0. The molecular weight excluding hydrogens is 271 g/mol. The van der Waals surface area contributed by atoms with Crippen LogP contribution in [0.2, 0.25) is 0 Å². The van der Waals surface area contributed by atoms with Gasteiger partial charge in [-0.15, -0.1) is 6.42 Å². The lowest BCUT2D eigenvalue weighted by molar-refractivity contribution is -0.0592. The molecule has 3 unspecified atom stereocenters. The number of ether oxygens (including phenoxy) is 3. The zero-order valence-electron chi connectivity index (χ0n) is 6.83. The van der Waals surface area contributed by atoms with Crippen LogP contribution in [0.5, 0.6) is 0 Å². The largest absolute Gasteiger partial charge is 0.352 e. The lowest BCUT2D eigenvalue weighted by atomic mass is 10.4. The van der Waals surface area contributed by atoms with Gasteiger partial charge in [0.25, 0.3) is 0 Å². The second-order valence-corrected chi connectivity index (χ2v) is 3.67. The number of terminal acetylenes is 1. The van der Waals surface area contributed by atoms with Crippen molar-refractivity contribution >= 4 is 22.6 Å². The van der Waals surface area contributed by atoms with Crippen LogP contribution >= 0.6 is 22.6 Å². The van der Waals surface area contributed by atoms with Crippen molar-refractivity contribution in [2.75, 3.05) is 13.2 Å². The van der Waals surface area contributed by atoms with Crippen LogP contribution in [0, 0.1) is 12.3 Å². The summed E-state index contributed by atoms with van der Waals surface area (Å²) in [6.45, 7) is 2.77. The molecule has 1 rings (SSSR count). The van der Waals surface area contributed by atoms with E-state index < -0.39 is 0 Å². The second kappa shape index (κ2) is 5.02. The summed E-state index contributed by atoms with van der Waals surface area (Å²) >= 11 is 2.15. The Hall–Kier alpha value is 0.170. The van der Waals surface area contributed by atoms with Gasteiger partial charge >= 0.3 is 0 Å². The van der Waals surface area contributed by atoms with Crippen LogP contribution < -0.4 is 0 Å². The SMILES string of the molecule is C#CCOC(I)C1COC(C)O1. The molecule has 0 aromatic carbocycles. The van der Waals surface area contributed by atoms with E-state index in [2.05, 4.69) is 28.5 Å². The molecule has 1 fully saturated rings. The molecule has 0 amide bonds. The molecule has 68 valence electrons. The minimum absolute atomic E-state index is 0.00829. The molecule has 0 aromatic rings. The third kappa shape index (κ3) is 2.90. The van der Waals surface area contributed by atoms with Crippen LogP contribution in [-0.4, -0.2) is 29.7 Å². The van der Waals surface area contributed by atoms with Crippen molar-refractivity contribution in [1.82, 2.24) is 0 Å². The van der Waals surface area contributed by atoms with E-state index in [1.807, 2.05) is 6.92 Å². The molecule has 4 heteroatoms. The zero-order chi connectivity index (χ0) is 8.97. The van der Waals surface area contributed by atoms with Crippen LogP contribution in [0.4, 0.5) is 0 Å². The lowest BCUT2D eigenvalue weighted by Crippen LogP contribution is -2.26. The van der Waals surface area contributed by atoms with Gasteiger partial charge in [-0.3, -0.25) is 0 Å². The van der Waals surface area contributed by atoms with Crippen LogP contribution in [-0.2, 0) is 14.2 Å². The molecular formula is C8H11IO3. The number of rotatable bonds is 3. The van der Waals surface area contributed by atoms with E-state index in [0.717, 1.165) is 0 Å². The van der Waals surface area contributed by atoms with Crippen molar-refractivity contribution in [2.45, 2.75) is 23.4 Å². The van der Waals surface area contributed by atoms with E-state index in [1.54, 1.807) is 0 Å². The molecule has 12 heavy (non-hydrogen) atoms. The van der Waals surface area contributed by atoms with E-state index in [9.17, 15) is 0 Å². The van der Waals surface area contributed by atoms with Crippen LogP contribution in [0.1, 0.15) is 6.92 Å². The molecule has 0 N–H and O–H groups in total. The molecule has 1 heterocycles. The van der Waals surface area contributed by atoms with E-state index in [4.69, 9.17) is 20.6 Å². The molecule has 0 bridgehead atoms. The van der Waals surface area contributed by atoms with Crippen molar-refractivity contribution in [3.05, 3.63) is 0 Å². The third-order valence-electron chi connectivity index (χ3n) is 1.48. The van der Waals surface area contributed by atoms with Gasteiger partial charge in [-0.25, -0.2) is 0 Å². The summed E-state index contributed by atoms with van der Waals surface area (Å²) in [5.41, 5.74) is 0. The highest BCUT2D eigenvalue weighted by Crippen LogP contribution is 2.20. The Labute approximate surface area is 85.9 Å². The third-order valence-corrected chi connectivity index (χ3v) is 2.64. The standard InChI is InChI=1S/C8H11IO3/c1-3-4-10-8(9)7-5-11-6(2)12-7/h1,6-8H,4-5H2,2H3. The topological polar surface area (TPSA) is 27.7 Å².